The molecule has 0 rings (SSSR count). The van der Waals surface area contributed by atoms with Crippen molar-refractivity contribution in [3.8, 4) is 0 Å². The van der Waals surface area contributed by atoms with Crippen LogP contribution in [-0.2, 0) is 0 Å². The fraction of sp³-hybridized carbons (Fsp3) is 0. The first kappa shape index (κ1) is 9.10. The number of hydroxylamine groups is 2. The number of oxime groups is 1. The molecule has 0 spiro atoms. The van der Waals surface area contributed by atoms with E-state index in [1.54, 1.807) is 0 Å². The average Bonchev–Trinajstić information content (AvgIpc) is 1.88. The average molecular weight is 162 g/mol. The molecule has 0 aliphatic carbocycles. The van der Waals surface area contributed by atoms with Crippen molar-refractivity contribution < 1.29 is 15.3 Å². The van der Waals surface area contributed by atoms with Gasteiger partial charge in [0.25, 0.3) is 0 Å². The van der Waals surface area contributed by atoms with E-state index in [-0.39, 0.29) is 4.86 Å². The summed E-state index contributed by atoms with van der Waals surface area (Å²) < 4.78 is 0. The summed E-state index contributed by atoms with van der Waals surface area (Å²) in [6.07, 6.45) is 0. The number of hydrogen-bond donors (Lipinski definition) is 5. The molecule has 0 fully saturated rings. The Morgan fingerprint density at radius 2 is 2.27 bits per heavy atom. The van der Waals surface area contributed by atoms with Crippen LogP contribution in [0, 0.1) is 10.6 Å². The van der Waals surface area contributed by atoms with Gasteiger partial charge in [0.1, 0.15) is 5.16 Å². The predicted octanol–water partition coefficient (Wildman–Crippen LogP) is -1.43. The lowest BCUT2D eigenvalue weighted by molar-refractivity contribution is -0.411. The van der Waals surface area contributed by atoms with E-state index in [4.69, 9.17) is 15.8 Å². The molecule has 0 unspecified atom stereocenters. The van der Waals surface area contributed by atoms with Crippen LogP contribution in [0.2, 0.25) is 0 Å². The molecule has 0 saturated carbocycles. The topological polar surface area (TPSA) is 153 Å². The van der Waals surface area contributed by atoms with Gasteiger partial charge in [0.15, 0.2) is 0 Å². The second-order valence-electron chi connectivity index (χ2n) is 1.29. The summed E-state index contributed by atoms with van der Waals surface area (Å²) in [5.74, 6) is -1.67. The third-order valence-electron chi connectivity index (χ3n) is 0.574. The third-order valence-corrected chi connectivity index (χ3v) is 0.574. The van der Waals surface area contributed by atoms with E-state index in [2.05, 4.69) is 16.0 Å². The van der Waals surface area contributed by atoms with Crippen LogP contribution in [0.25, 0.3) is 0 Å². The van der Waals surface area contributed by atoms with Crippen LogP contribution in [0.3, 0.4) is 0 Å². The van der Waals surface area contributed by atoms with Crippen molar-refractivity contribution in [1.29, 1.82) is 5.41 Å². The standard InChI is InChI=1S/C2H6N6O3/c3-1(4)5-8(11)2(6-9)7-10/h9-10H,(H3,3,4)(H,6,7). The van der Waals surface area contributed by atoms with Gasteiger partial charge in [0.2, 0.25) is 5.96 Å². The third kappa shape index (κ3) is 2.95. The molecule has 0 aromatic rings. The van der Waals surface area contributed by atoms with Gasteiger partial charge < -0.3 is 16.1 Å². The minimum atomic E-state index is -0.889. The molecule has 11 heavy (non-hydrogen) atoms. The molecule has 0 aromatic carbocycles. The van der Waals surface area contributed by atoms with Gasteiger partial charge in [-0.25, -0.2) is 5.21 Å². The van der Waals surface area contributed by atoms with Crippen LogP contribution in [0.5, 0.6) is 0 Å². The van der Waals surface area contributed by atoms with Crippen LogP contribution >= 0.6 is 0 Å². The zero-order chi connectivity index (χ0) is 8.85. The number of guanidine groups is 2. The van der Waals surface area contributed by atoms with Crippen LogP contribution in [0.1, 0.15) is 0 Å². The Hall–Kier alpha value is -1.90. The smallest absolute Gasteiger partial charge is 0.478 e. The minimum absolute atomic E-state index is 0.359. The maximum Gasteiger partial charge on any atom is 0.478 e. The Morgan fingerprint density at radius 1 is 1.73 bits per heavy atom. The van der Waals surface area contributed by atoms with E-state index >= 15 is 0 Å². The summed E-state index contributed by atoms with van der Waals surface area (Å²) in [5.41, 5.74) is 5.89. The summed E-state index contributed by atoms with van der Waals surface area (Å²) in [6.45, 7) is 0. The molecule has 62 valence electrons. The number of rotatable bonds is 0. The van der Waals surface area contributed by atoms with Gasteiger partial charge in [-0.05, 0) is 0 Å². The van der Waals surface area contributed by atoms with E-state index < -0.39 is 11.9 Å². The first-order valence-corrected chi connectivity index (χ1v) is 2.27. The number of nitrogens with one attached hydrogen (secondary N) is 2. The van der Waals surface area contributed by atoms with E-state index in [9.17, 15) is 5.21 Å². The molecule has 9 heteroatoms. The zero-order valence-electron chi connectivity index (χ0n) is 5.22. The highest BCUT2D eigenvalue weighted by molar-refractivity contribution is 5.75. The van der Waals surface area contributed by atoms with Crippen LogP contribution in [0.4, 0.5) is 0 Å². The molecule has 0 aromatic heterocycles. The largest absolute Gasteiger partial charge is 0.721 e. The number of nitrogens with two attached hydrogens (primary N) is 1. The molecular formula is C2H6N6O3. The molecule has 0 atom stereocenters. The SMILES string of the molecule is N=C(N)N=[N+]([O-])C(=NO)NO. The van der Waals surface area contributed by atoms with E-state index in [1.807, 2.05) is 0 Å². The van der Waals surface area contributed by atoms with Crippen molar-refractivity contribution in [2.45, 2.75) is 0 Å². The van der Waals surface area contributed by atoms with Gasteiger partial charge in [-0.15, -0.1) is 10.3 Å². The van der Waals surface area contributed by atoms with E-state index in [0.717, 1.165) is 0 Å². The minimum Gasteiger partial charge on any atom is -0.721 e. The molecule has 0 saturated heterocycles. The number of hydrogen-bond acceptors (Lipinski definition) is 5. The monoisotopic (exact) mass is 162 g/mol. The normalized spacial score (nSPS) is 12.8. The van der Waals surface area contributed by atoms with Gasteiger partial charge in [0.05, 0.1) is 0 Å². The van der Waals surface area contributed by atoms with E-state index in [0.29, 0.717) is 0 Å². The molecule has 0 bridgehead atoms. The maximum atomic E-state index is 10.4. The molecule has 0 aliphatic heterocycles. The lowest BCUT2D eigenvalue weighted by Gasteiger charge is -2.02. The fourth-order valence-corrected chi connectivity index (χ4v) is 0.249. The Kier molecular flexibility index (Phi) is 3.31. The van der Waals surface area contributed by atoms with Crippen LogP contribution in [-0.4, -0.2) is 27.2 Å². The van der Waals surface area contributed by atoms with Crippen molar-refractivity contribution in [3.63, 3.8) is 0 Å². The number of azo groups is 1. The predicted molar refractivity (Wildman–Crippen MR) is 32.1 cm³/mol. The lowest BCUT2D eigenvalue weighted by Crippen LogP contribution is -2.29. The van der Waals surface area contributed by atoms with Crippen molar-refractivity contribution in [3.05, 3.63) is 5.21 Å². The molecule has 0 heterocycles. The Labute approximate surface area is 60.5 Å². The van der Waals surface area contributed by atoms with Gasteiger partial charge in [-0.2, -0.15) is 0 Å². The zero-order valence-corrected chi connectivity index (χ0v) is 5.22. The van der Waals surface area contributed by atoms with Gasteiger partial charge in [-0.3, -0.25) is 5.41 Å². The second kappa shape index (κ2) is 4.00. The van der Waals surface area contributed by atoms with Crippen LogP contribution in [0.15, 0.2) is 10.3 Å². The van der Waals surface area contributed by atoms with E-state index in [1.165, 1.54) is 5.48 Å². The highest BCUT2D eigenvalue weighted by Crippen LogP contribution is 1.77. The highest BCUT2D eigenvalue weighted by atomic mass is 16.5. The summed E-state index contributed by atoms with van der Waals surface area (Å²) >= 11 is 0. The summed E-state index contributed by atoms with van der Waals surface area (Å²) in [6, 6.07) is 0. The van der Waals surface area contributed by atoms with Crippen molar-refractivity contribution >= 4 is 11.9 Å². The maximum absolute atomic E-state index is 10.4. The van der Waals surface area contributed by atoms with Gasteiger partial charge >= 0.3 is 5.96 Å². The molecule has 6 N–H and O–H groups in total. The first-order valence-electron chi connectivity index (χ1n) is 2.27. The van der Waals surface area contributed by atoms with Crippen molar-refractivity contribution in [2.24, 2.45) is 16.0 Å². The van der Waals surface area contributed by atoms with Crippen molar-refractivity contribution in [2.75, 3.05) is 0 Å². The lowest BCUT2D eigenvalue weighted by atomic mass is 11.0. The first-order chi connectivity index (χ1) is 5.11. The molecule has 0 aliphatic rings. The Morgan fingerprint density at radius 3 is 2.55 bits per heavy atom. The molecule has 0 amide bonds. The fourth-order valence-electron chi connectivity index (χ4n) is 0.249. The van der Waals surface area contributed by atoms with Gasteiger partial charge in [-0.1, -0.05) is 5.11 Å². The molecule has 0 radical (unpaired) electrons. The Bertz CT molecular complexity index is 208. The van der Waals surface area contributed by atoms with Crippen molar-refractivity contribution in [1.82, 2.24) is 5.48 Å². The molecular weight excluding hydrogens is 156 g/mol. The quantitative estimate of drug-likeness (QED) is 0.0737. The summed E-state index contributed by atoms with van der Waals surface area (Å²) in [4.78, 5) is -0.359. The summed E-state index contributed by atoms with van der Waals surface area (Å²) in [7, 11) is 0. The second-order valence-corrected chi connectivity index (χ2v) is 1.29. The molecule has 9 nitrogen and oxygen atoms in total. The number of nitrogens with zero attached hydrogens (tertiary/aromatic N) is 3. The van der Waals surface area contributed by atoms with Gasteiger partial charge in [0, 0.05) is 0 Å². The highest BCUT2D eigenvalue weighted by Gasteiger charge is 2.07. The Balaban J connectivity index is 4.45. The van der Waals surface area contributed by atoms with Crippen LogP contribution < -0.4 is 11.2 Å². The summed E-state index contributed by atoms with van der Waals surface area (Å²) in [5, 5.41) is 38.0.